The summed E-state index contributed by atoms with van der Waals surface area (Å²) in [6.07, 6.45) is 5.63. The van der Waals surface area contributed by atoms with Crippen molar-refractivity contribution in [3.05, 3.63) is 59.0 Å². The average Bonchev–Trinajstić information content (AvgIpc) is 3.27. The second-order valence-corrected chi connectivity index (χ2v) is 9.34. The van der Waals surface area contributed by atoms with Crippen LogP contribution in [0.1, 0.15) is 47.7 Å². The fraction of sp³-hybridized carbons (Fsp3) is 0.440. The maximum atomic E-state index is 12.4. The van der Waals surface area contributed by atoms with Crippen molar-refractivity contribution in [2.75, 3.05) is 33.3 Å². The Hall–Kier alpha value is -2.81. The average molecular weight is 482 g/mol. The van der Waals surface area contributed by atoms with Crippen LogP contribution in [0.5, 0.6) is 6.01 Å². The first-order valence-corrected chi connectivity index (χ1v) is 12.1. The van der Waals surface area contributed by atoms with Gasteiger partial charge in [0.05, 0.1) is 16.8 Å². The molecule has 0 aliphatic carbocycles. The van der Waals surface area contributed by atoms with Gasteiger partial charge in [-0.2, -0.15) is 9.97 Å². The molecule has 0 spiro atoms. The molecule has 3 aromatic rings. The molecule has 1 atom stereocenters. The molecular weight excluding hydrogens is 454 g/mol. The number of rotatable bonds is 6. The molecule has 2 saturated heterocycles. The predicted molar refractivity (Wildman–Crippen MR) is 129 cm³/mol. The van der Waals surface area contributed by atoms with Gasteiger partial charge in [0.1, 0.15) is 11.8 Å². The number of carbonyl (C=O) groups excluding carboxylic acids is 1. The lowest BCUT2D eigenvalue weighted by Gasteiger charge is -2.30. The summed E-state index contributed by atoms with van der Waals surface area (Å²) in [6.45, 7) is 2.90. The zero-order valence-electron chi connectivity index (χ0n) is 19.2. The summed E-state index contributed by atoms with van der Waals surface area (Å²) in [5.74, 6) is -0.158. The summed E-state index contributed by atoms with van der Waals surface area (Å²) >= 11 is 6.15. The van der Waals surface area contributed by atoms with Gasteiger partial charge in [0, 0.05) is 42.7 Å². The standard InChI is InChI=1S/C25H28ClN5O3/c1-30-11-5-8-19(30)16-33-25-28-21-14-22(26)27-15-20(21)23(29-25)17-9-12-31(13-10-17)34-24(32)18-6-3-2-4-7-18/h2-4,6-7,14-15,17,19H,5,8-13,16H2,1H3/t19-/m0/s1. The Morgan fingerprint density at radius 3 is 2.65 bits per heavy atom. The molecule has 8 nitrogen and oxygen atoms in total. The van der Waals surface area contributed by atoms with Crippen molar-refractivity contribution in [3.63, 3.8) is 0 Å². The largest absolute Gasteiger partial charge is 0.462 e. The Kier molecular flexibility index (Phi) is 6.89. The Morgan fingerprint density at radius 1 is 1.12 bits per heavy atom. The van der Waals surface area contributed by atoms with E-state index in [2.05, 4.69) is 21.9 Å². The lowest BCUT2D eigenvalue weighted by molar-refractivity contribution is -0.122. The molecule has 5 rings (SSSR count). The number of ether oxygens (including phenoxy) is 1. The zero-order valence-corrected chi connectivity index (χ0v) is 19.9. The van der Waals surface area contributed by atoms with E-state index < -0.39 is 0 Å². The van der Waals surface area contributed by atoms with E-state index in [0.717, 1.165) is 42.4 Å². The number of benzene rings is 1. The molecule has 2 aliphatic rings. The number of nitrogens with zero attached hydrogens (tertiary/aromatic N) is 5. The van der Waals surface area contributed by atoms with Crippen LogP contribution in [0.15, 0.2) is 42.6 Å². The summed E-state index contributed by atoms with van der Waals surface area (Å²) in [7, 11) is 2.12. The minimum atomic E-state index is -0.335. The van der Waals surface area contributed by atoms with Crippen molar-refractivity contribution in [2.24, 2.45) is 0 Å². The molecule has 0 N–H and O–H groups in total. The minimum Gasteiger partial charge on any atom is -0.462 e. The quantitative estimate of drug-likeness (QED) is 0.487. The monoisotopic (exact) mass is 481 g/mol. The van der Waals surface area contributed by atoms with Gasteiger partial charge in [-0.05, 0) is 51.4 Å². The van der Waals surface area contributed by atoms with Crippen molar-refractivity contribution in [2.45, 2.75) is 37.6 Å². The third kappa shape index (κ3) is 5.14. The van der Waals surface area contributed by atoms with Crippen molar-refractivity contribution in [3.8, 4) is 6.01 Å². The molecule has 9 heteroatoms. The molecule has 178 valence electrons. The van der Waals surface area contributed by atoms with E-state index in [0.29, 0.717) is 42.5 Å². The van der Waals surface area contributed by atoms with E-state index >= 15 is 0 Å². The van der Waals surface area contributed by atoms with Crippen LogP contribution in [-0.2, 0) is 4.84 Å². The van der Waals surface area contributed by atoms with Gasteiger partial charge in [-0.1, -0.05) is 29.8 Å². The summed E-state index contributed by atoms with van der Waals surface area (Å²) < 4.78 is 6.06. The zero-order chi connectivity index (χ0) is 23.5. The molecule has 0 radical (unpaired) electrons. The topological polar surface area (TPSA) is 80.7 Å². The smallest absolute Gasteiger partial charge is 0.357 e. The molecule has 34 heavy (non-hydrogen) atoms. The van der Waals surface area contributed by atoms with E-state index in [1.165, 1.54) is 6.42 Å². The Labute approximate surface area is 203 Å². The van der Waals surface area contributed by atoms with Gasteiger partial charge >= 0.3 is 12.0 Å². The van der Waals surface area contributed by atoms with Crippen LogP contribution in [0.3, 0.4) is 0 Å². The highest BCUT2D eigenvalue weighted by Gasteiger charge is 2.27. The van der Waals surface area contributed by atoms with Gasteiger partial charge in [0.25, 0.3) is 0 Å². The molecule has 0 bridgehead atoms. The number of carbonyl (C=O) groups is 1. The number of halogens is 1. The van der Waals surface area contributed by atoms with Crippen LogP contribution in [0.25, 0.3) is 10.9 Å². The van der Waals surface area contributed by atoms with Gasteiger partial charge in [0.2, 0.25) is 0 Å². The van der Waals surface area contributed by atoms with Crippen LogP contribution in [0.2, 0.25) is 5.15 Å². The first kappa shape index (κ1) is 23.0. The lowest BCUT2D eigenvalue weighted by Crippen LogP contribution is -2.35. The van der Waals surface area contributed by atoms with Crippen LogP contribution in [0, 0.1) is 0 Å². The normalized spacial score (nSPS) is 20.0. The van der Waals surface area contributed by atoms with Crippen LogP contribution < -0.4 is 4.74 Å². The number of piperidine rings is 1. The maximum absolute atomic E-state index is 12.4. The summed E-state index contributed by atoms with van der Waals surface area (Å²) in [5, 5.41) is 3.01. The maximum Gasteiger partial charge on any atom is 0.357 e. The summed E-state index contributed by atoms with van der Waals surface area (Å²) in [5.41, 5.74) is 2.19. The van der Waals surface area contributed by atoms with E-state index in [1.54, 1.807) is 29.5 Å². The Balaban J connectivity index is 1.30. The predicted octanol–water partition coefficient (Wildman–Crippen LogP) is 4.10. The van der Waals surface area contributed by atoms with Gasteiger partial charge in [0.15, 0.2) is 0 Å². The number of likely N-dealkylation sites (tertiary alicyclic amines) is 1. The molecule has 2 aromatic heterocycles. The molecular formula is C25H28ClN5O3. The second-order valence-electron chi connectivity index (χ2n) is 8.95. The van der Waals surface area contributed by atoms with Crippen LogP contribution in [0.4, 0.5) is 0 Å². The van der Waals surface area contributed by atoms with Gasteiger partial charge in [-0.25, -0.2) is 9.78 Å². The fourth-order valence-corrected chi connectivity index (χ4v) is 4.85. The number of pyridine rings is 1. The second kappa shape index (κ2) is 10.2. The molecule has 2 aliphatic heterocycles. The van der Waals surface area contributed by atoms with Crippen molar-refractivity contribution in [1.82, 2.24) is 24.9 Å². The number of aromatic nitrogens is 3. The van der Waals surface area contributed by atoms with Gasteiger partial charge < -0.3 is 14.5 Å². The molecule has 0 amide bonds. The highest BCUT2D eigenvalue weighted by atomic mass is 35.5. The fourth-order valence-electron chi connectivity index (χ4n) is 4.70. The first-order chi connectivity index (χ1) is 16.6. The molecule has 4 heterocycles. The number of hydrogen-bond donors (Lipinski definition) is 0. The SMILES string of the molecule is CN1CCC[C@H]1COc1nc(C2CCN(OC(=O)c3ccccc3)CC2)c2cnc(Cl)cc2n1. The van der Waals surface area contributed by atoms with E-state index in [4.69, 9.17) is 26.2 Å². The first-order valence-electron chi connectivity index (χ1n) is 11.8. The molecule has 0 saturated carbocycles. The molecule has 1 aromatic carbocycles. The number of fused-ring (bicyclic) bond motifs is 1. The number of likely N-dealkylation sites (N-methyl/N-ethyl adjacent to an activating group) is 1. The third-order valence-corrected chi connectivity index (χ3v) is 6.90. The molecule has 0 unspecified atom stereocenters. The number of hydrogen-bond acceptors (Lipinski definition) is 8. The van der Waals surface area contributed by atoms with Crippen molar-refractivity contribution in [1.29, 1.82) is 0 Å². The van der Waals surface area contributed by atoms with E-state index in [9.17, 15) is 4.79 Å². The summed E-state index contributed by atoms with van der Waals surface area (Å²) in [4.78, 5) is 34.0. The Morgan fingerprint density at radius 2 is 1.91 bits per heavy atom. The Bertz CT molecular complexity index is 1150. The van der Waals surface area contributed by atoms with Gasteiger partial charge in [-0.3, -0.25) is 0 Å². The van der Waals surface area contributed by atoms with E-state index in [-0.39, 0.29) is 11.9 Å². The van der Waals surface area contributed by atoms with Gasteiger partial charge in [-0.15, -0.1) is 5.06 Å². The van der Waals surface area contributed by atoms with Crippen LogP contribution >= 0.6 is 11.6 Å². The highest BCUT2D eigenvalue weighted by molar-refractivity contribution is 6.30. The van der Waals surface area contributed by atoms with Crippen LogP contribution in [-0.4, -0.2) is 70.2 Å². The number of hydroxylamine groups is 2. The van der Waals surface area contributed by atoms with Crippen molar-refractivity contribution >= 4 is 28.5 Å². The third-order valence-electron chi connectivity index (χ3n) is 6.70. The van der Waals surface area contributed by atoms with E-state index in [1.807, 2.05) is 18.2 Å². The molecule has 2 fully saturated rings. The summed E-state index contributed by atoms with van der Waals surface area (Å²) in [6, 6.07) is 11.6. The minimum absolute atomic E-state index is 0.177. The lowest BCUT2D eigenvalue weighted by atomic mass is 9.92. The highest BCUT2D eigenvalue weighted by Crippen LogP contribution is 2.33. The van der Waals surface area contributed by atoms with Crippen molar-refractivity contribution < 1.29 is 14.4 Å².